The third-order valence-electron chi connectivity index (χ3n) is 2.47. The molecule has 0 bridgehead atoms. The second-order valence-electron chi connectivity index (χ2n) is 3.90. The first-order valence-electron chi connectivity index (χ1n) is 5.88. The Hall–Kier alpha value is -2.22. The molecule has 2 N–H and O–H groups in total. The first kappa shape index (κ1) is 13.2. The minimum absolute atomic E-state index is 0.250. The zero-order chi connectivity index (χ0) is 13.5. The number of ether oxygens (including phenoxy) is 1. The summed E-state index contributed by atoms with van der Waals surface area (Å²) in [5.74, 6) is 6.44. The molecule has 0 spiro atoms. The summed E-state index contributed by atoms with van der Waals surface area (Å²) in [6, 6.07) is 16.3. The summed E-state index contributed by atoms with van der Waals surface area (Å²) >= 11 is 0. The van der Waals surface area contributed by atoms with Crippen LogP contribution in [0.3, 0.4) is 0 Å². The average molecular weight is 252 g/mol. The SMILES string of the molecule is OB(O)c1cccc(OCC#Cc2ccccc2)c1. The van der Waals surface area contributed by atoms with E-state index in [9.17, 15) is 0 Å². The summed E-state index contributed by atoms with van der Waals surface area (Å²) in [6.07, 6.45) is 0. The van der Waals surface area contributed by atoms with Crippen molar-refractivity contribution in [1.29, 1.82) is 0 Å². The normalized spacial score (nSPS) is 9.37. The Balaban J connectivity index is 1.93. The molecule has 0 atom stereocenters. The Bertz CT molecular complexity index is 585. The first-order chi connectivity index (χ1) is 9.25. The van der Waals surface area contributed by atoms with E-state index in [0.29, 0.717) is 11.2 Å². The summed E-state index contributed by atoms with van der Waals surface area (Å²) in [6.45, 7) is 0.250. The molecule has 0 heterocycles. The molecule has 2 aromatic carbocycles. The Labute approximate surface area is 112 Å². The largest absolute Gasteiger partial charge is 0.488 e. The lowest BCUT2D eigenvalue weighted by Crippen LogP contribution is -2.29. The quantitative estimate of drug-likeness (QED) is 0.627. The molecular weight excluding hydrogens is 239 g/mol. The van der Waals surface area contributed by atoms with E-state index in [2.05, 4.69) is 11.8 Å². The number of rotatable bonds is 3. The molecule has 2 aromatic rings. The maximum atomic E-state index is 9.04. The van der Waals surface area contributed by atoms with Gasteiger partial charge in [0.2, 0.25) is 0 Å². The van der Waals surface area contributed by atoms with Crippen LogP contribution in [0.2, 0.25) is 0 Å². The first-order valence-corrected chi connectivity index (χ1v) is 5.88. The molecule has 4 heteroatoms. The topological polar surface area (TPSA) is 49.7 Å². The van der Waals surface area contributed by atoms with Crippen molar-refractivity contribution < 1.29 is 14.8 Å². The van der Waals surface area contributed by atoms with Gasteiger partial charge in [-0.2, -0.15) is 0 Å². The highest BCUT2D eigenvalue weighted by atomic mass is 16.5. The van der Waals surface area contributed by atoms with Gasteiger partial charge < -0.3 is 14.8 Å². The van der Waals surface area contributed by atoms with Gasteiger partial charge in [-0.1, -0.05) is 42.2 Å². The fourth-order valence-corrected chi connectivity index (χ4v) is 1.54. The van der Waals surface area contributed by atoms with Crippen LogP contribution in [-0.4, -0.2) is 23.8 Å². The molecule has 0 saturated carbocycles. The maximum absolute atomic E-state index is 9.04. The zero-order valence-electron chi connectivity index (χ0n) is 10.3. The number of hydrogen-bond donors (Lipinski definition) is 2. The standard InChI is InChI=1S/C15H13BO3/c17-16(18)14-9-4-10-15(12-14)19-11-5-8-13-6-2-1-3-7-13/h1-4,6-7,9-10,12,17-18H,11H2. The lowest BCUT2D eigenvalue weighted by Gasteiger charge is -2.04. The molecule has 0 aromatic heterocycles. The van der Waals surface area contributed by atoms with Crippen molar-refractivity contribution in [1.82, 2.24) is 0 Å². The van der Waals surface area contributed by atoms with Crippen LogP contribution in [-0.2, 0) is 0 Å². The van der Waals surface area contributed by atoms with E-state index in [0.717, 1.165) is 5.56 Å². The van der Waals surface area contributed by atoms with Crippen LogP contribution in [0.25, 0.3) is 0 Å². The third kappa shape index (κ3) is 4.18. The van der Waals surface area contributed by atoms with Gasteiger partial charge in [0.15, 0.2) is 0 Å². The summed E-state index contributed by atoms with van der Waals surface area (Å²) in [7, 11) is -1.49. The van der Waals surface area contributed by atoms with Crippen LogP contribution >= 0.6 is 0 Å². The molecule has 0 aliphatic rings. The van der Waals surface area contributed by atoms with Crippen molar-refractivity contribution in [2.75, 3.05) is 6.61 Å². The molecular formula is C15H13BO3. The minimum atomic E-state index is -1.49. The van der Waals surface area contributed by atoms with Gasteiger partial charge in [-0.15, -0.1) is 0 Å². The lowest BCUT2D eigenvalue weighted by atomic mass is 9.80. The zero-order valence-corrected chi connectivity index (χ0v) is 10.3. The van der Waals surface area contributed by atoms with Crippen molar-refractivity contribution >= 4 is 12.6 Å². The van der Waals surface area contributed by atoms with E-state index in [1.165, 1.54) is 0 Å². The summed E-state index contributed by atoms with van der Waals surface area (Å²) in [5, 5.41) is 18.1. The highest BCUT2D eigenvalue weighted by Gasteiger charge is 2.10. The number of benzene rings is 2. The molecule has 0 aliphatic heterocycles. The summed E-state index contributed by atoms with van der Waals surface area (Å²) < 4.78 is 5.42. The lowest BCUT2D eigenvalue weighted by molar-refractivity contribution is 0.370. The van der Waals surface area contributed by atoms with Gasteiger partial charge in [-0.3, -0.25) is 0 Å². The minimum Gasteiger partial charge on any atom is -0.481 e. The van der Waals surface area contributed by atoms with Crippen LogP contribution in [0.15, 0.2) is 54.6 Å². The van der Waals surface area contributed by atoms with Crippen molar-refractivity contribution in [3.8, 4) is 17.6 Å². The summed E-state index contributed by atoms with van der Waals surface area (Å²) in [4.78, 5) is 0. The van der Waals surface area contributed by atoms with Crippen molar-refractivity contribution in [3.05, 3.63) is 60.2 Å². The molecule has 0 saturated heterocycles. The predicted octanol–water partition coefficient (Wildman–Crippen LogP) is 0.797. The number of hydrogen-bond acceptors (Lipinski definition) is 3. The van der Waals surface area contributed by atoms with E-state index in [1.54, 1.807) is 24.3 Å². The smallest absolute Gasteiger partial charge is 0.481 e. The van der Waals surface area contributed by atoms with Gasteiger partial charge in [-0.25, -0.2) is 0 Å². The average Bonchev–Trinajstić information content (AvgIpc) is 2.45. The van der Waals surface area contributed by atoms with Crippen molar-refractivity contribution in [2.45, 2.75) is 0 Å². The molecule has 0 aliphatic carbocycles. The van der Waals surface area contributed by atoms with E-state index >= 15 is 0 Å². The van der Waals surface area contributed by atoms with Gasteiger partial charge in [-0.05, 0) is 29.7 Å². The fourth-order valence-electron chi connectivity index (χ4n) is 1.54. The monoisotopic (exact) mass is 252 g/mol. The third-order valence-corrected chi connectivity index (χ3v) is 2.47. The van der Waals surface area contributed by atoms with E-state index in [-0.39, 0.29) is 6.61 Å². The molecule has 0 unspecified atom stereocenters. The van der Waals surface area contributed by atoms with Crippen LogP contribution in [0, 0.1) is 11.8 Å². The van der Waals surface area contributed by atoms with E-state index in [1.807, 2.05) is 30.3 Å². The van der Waals surface area contributed by atoms with Crippen molar-refractivity contribution in [3.63, 3.8) is 0 Å². The molecule has 0 radical (unpaired) electrons. The highest BCUT2D eigenvalue weighted by Crippen LogP contribution is 2.07. The van der Waals surface area contributed by atoms with Gasteiger partial charge in [0, 0.05) is 5.56 Å². The Morgan fingerprint density at radius 3 is 2.53 bits per heavy atom. The summed E-state index contributed by atoms with van der Waals surface area (Å²) in [5.41, 5.74) is 1.33. The van der Waals surface area contributed by atoms with Gasteiger partial charge in [0.1, 0.15) is 12.4 Å². The van der Waals surface area contributed by atoms with Crippen molar-refractivity contribution in [2.24, 2.45) is 0 Å². The van der Waals surface area contributed by atoms with Crippen LogP contribution in [0.4, 0.5) is 0 Å². The second-order valence-corrected chi connectivity index (χ2v) is 3.90. The predicted molar refractivity (Wildman–Crippen MR) is 75.1 cm³/mol. The highest BCUT2D eigenvalue weighted by molar-refractivity contribution is 6.58. The van der Waals surface area contributed by atoms with E-state index < -0.39 is 7.12 Å². The van der Waals surface area contributed by atoms with Gasteiger partial charge in [0.25, 0.3) is 0 Å². The molecule has 3 nitrogen and oxygen atoms in total. The van der Waals surface area contributed by atoms with E-state index in [4.69, 9.17) is 14.8 Å². The molecule has 0 amide bonds. The van der Waals surface area contributed by atoms with Gasteiger partial charge >= 0.3 is 7.12 Å². The maximum Gasteiger partial charge on any atom is 0.488 e. The Morgan fingerprint density at radius 1 is 1.00 bits per heavy atom. The fraction of sp³-hybridized carbons (Fsp3) is 0.0667. The molecule has 19 heavy (non-hydrogen) atoms. The second kappa shape index (κ2) is 6.65. The molecule has 0 fully saturated rings. The van der Waals surface area contributed by atoms with Crippen LogP contribution in [0.1, 0.15) is 5.56 Å². The Morgan fingerprint density at radius 2 is 1.79 bits per heavy atom. The molecule has 94 valence electrons. The Kier molecular flexibility index (Phi) is 4.63. The van der Waals surface area contributed by atoms with Crippen LogP contribution < -0.4 is 10.2 Å². The van der Waals surface area contributed by atoms with Gasteiger partial charge in [0.05, 0.1) is 0 Å². The molecule has 2 rings (SSSR count). The van der Waals surface area contributed by atoms with Crippen LogP contribution in [0.5, 0.6) is 5.75 Å².